The van der Waals surface area contributed by atoms with Crippen molar-refractivity contribution in [3.63, 3.8) is 0 Å². The number of carbonyl (C=O) groups excluding carboxylic acids is 2. The Kier molecular flexibility index (Phi) is 11.9. The van der Waals surface area contributed by atoms with Crippen molar-refractivity contribution in [2.24, 2.45) is 0 Å². The molecular weight excluding hydrogens is 251 g/mol. The van der Waals surface area contributed by atoms with Crippen molar-refractivity contribution >= 4 is 17.8 Å². The molecule has 0 aliphatic carbocycles. The van der Waals surface area contributed by atoms with Crippen LogP contribution >= 0.6 is 0 Å². The van der Waals surface area contributed by atoms with E-state index >= 15 is 0 Å². The number of allylic oxidation sites excluding steroid dienone is 1. The van der Waals surface area contributed by atoms with Gasteiger partial charge < -0.3 is 21.9 Å². The zero-order valence-corrected chi connectivity index (χ0v) is 12.8. The molecule has 0 bridgehead atoms. The molecule has 0 unspecified atom stereocenters. The molecule has 98 valence electrons. The first kappa shape index (κ1) is 19.3. The Balaban J connectivity index is -0.00000128. The molecule has 8 heteroatoms. The second-order valence-electron chi connectivity index (χ2n) is 3.10. The number of aliphatic carboxylic acids is 1. The van der Waals surface area contributed by atoms with Crippen LogP contribution in [-0.4, -0.2) is 42.6 Å². The Morgan fingerprint density at radius 3 is 2.39 bits per heavy atom. The van der Waals surface area contributed by atoms with Crippen LogP contribution in [0.3, 0.4) is 0 Å². The van der Waals surface area contributed by atoms with Gasteiger partial charge in [-0.05, 0) is 13.8 Å². The van der Waals surface area contributed by atoms with Crippen LogP contribution < -0.4 is 40.2 Å². The molecule has 0 saturated heterocycles. The van der Waals surface area contributed by atoms with Crippen LogP contribution in [0.5, 0.6) is 0 Å². The maximum atomic E-state index is 11.1. The van der Waals surface area contributed by atoms with E-state index in [1.54, 1.807) is 13.8 Å². The standard InChI is InChI=1S/C10H16N2O5.Na.H/c1-3-17-10(16)4-7(2)11-5-8(13)12-6-9(14)15;;/h4,11H,3,5-6H2,1-2H3,(H,12,13)(H,14,15);;/q;+1;-1. The van der Waals surface area contributed by atoms with E-state index in [4.69, 9.17) is 5.11 Å². The summed E-state index contributed by atoms with van der Waals surface area (Å²) in [5, 5.41) is 13.1. The number of hydrogen-bond acceptors (Lipinski definition) is 5. The van der Waals surface area contributed by atoms with Crippen LogP contribution in [0, 0.1) is 0 Å². The Morgan fingerprint density at radius 1 is 1.28 bits per heavy atom. The number of carboxylic acid groups (broad SMARTS) is 1. The minimum atomic E-state index is -1.11. The molecule has 0 rings (SSSR count). The summed E-state index contributed by atoms with van der Waals surface area (Å²) < 4.78 is 4.66. The van der Waals surface area contributed by atoms with Gasteiger partial charge in [0.2, 0.25) is 5.91 Å². The molecule has 0 heterocycles. The van der Waals surface area contributed by atoms with Crippen LogP contribution in [0.15, 0.2) is 11.8 Å². The predicted molar refractivity (Wildman–Crippen MR) is 60.2 cm³/mol. The number of rotatable bonds is 7. The predicted octanol–water partition coefficient (Wildman–Crippen LogP) is -3.64. The third kappa shape index (κ3) is 11.4. The summed E-state index contributed by atoms with van der Waals surface area (Å²) in [6, 6.07) is 0. The van der Waals surface area contributed by atoms with E-state index in [0.29, 0.717) is 5.70 Å². The molecule has 0 atom stereocenters. The zero-order valence-electron chi connectivity index (χ0n) is 11.8. The average Bonchev–Trinajstić information content (AvgIpc) is 2.23. The van der Waals surface area contributed by atoms with Crippen molar-refractivity contribution in [2.75, 3.05) is 19.7 Å². The van der Waals surface area contributed by atoms with Gasteiger partial charge in [0.15, 0.2) is 0 Å². The molecule has 0 spiro atoms. The number of hydrogen-bond donors (Lipinski definition) is 3. The molecule has 0 saturated carbocycles. The molecule has 0 aliphatic rings. The van der Waals surface area contributed by atoms with Gasteiger partial charge in [0.25, 0.3) is 0 Å². The van der Waals surface area contributed by atoms with Crippen LogP contribution in [-0.2, 0) is 19.1 Å². The first-order valence-corrected chi connectivity index (χ1v) is 5.03. The number of ether oxygens (including phenoxy) is 1. The van der Waals surface area contributed by atoms with Crippen molar-refractivity contribution in [3.8, 4) is 0 Å². The average molecular weight is 268 g/mol. The Labute approximate surface area is 129 Å². The number of nitrogens with one attached hydrogen (secondary N) is 2. The van der Waals surface area contributed by atoms with E-state index in [2.05, 4.69) is 15.4 Å². The minimum Gasteiger partial charge on any atom is -1.00 e. The van der Waals surface area contributed by atoms with Gasteiger partial charge in [-0.2, -0.15) is 0 Å². The van der Waals surface area contributed by atoms with Gasteiger partial charge in [-0.25, -0.2) is 4.79 Å². The first-order valence-electron chi connectivity index (χ1n) is 5.03. The molecule has 0 fully saturated rings. The Morgan fingerprint density at radius 2 is 1.89 bits per heavy atom. The second kappa shape index (κ2) is 11.1. The van der Waals surface area contributed by atoms with E-state index in [1.807, 2.05) is 0 Å². The van der Waals surface area contributed by atoms with Gasteiger partial charge in [0, 0.05) is 11.8 Å². The van der Waals surface area contributed by atoms with Gasteiger partial charge in [0.05, 0.1) is 13.2 Å². The Bertz CT molecular complexity index is 336. The fourth-order valence-corrected chi connectivity index (χ4v) is 0.868. The van der Waals surface area contributed by atoms with Crippen molar-refractivity contribution < 1.29 is 55.2 Å². The normalized spacial score (nSPS) is 10.0. The summed E-state index contributed by atoms with van der Waals surface area (Å²) in [5.74, 6) is -2.08. The molecule has 0 aliphatic heterocycles. The number of carbonyl (C=O) groups is 3. The summed E-state index contributed by atoms with van der Waals surface area (Å²) in [7, 11) is 0. The summed E-state index contributed by atoms with van der Waals surface area (Å²) in [5.41, 5.74) is 0.467. The molecule has 0 aromatic heterocycles. The van der Waals surface area contributed by atoms with Crippen molar-refractivity contribution in [1.82, 2.24) is 10.6 Å². The van der Waals surface area contributed by atoms with Crippen LogP contribution in [0.25, 0.3) is 0 Å². The molecule has 7 nitrogen and oxygen atoms in total. The van der Waals surface area contributed by atoms with Gasteiger partial charge in [-0.3, -0.25) is 9.59 Å². The topological polar surface area (TPSA) is 105 Å². The third-order valence-corrected chi connectivity index (χ3v) is 1.59. The van der Waals surface area contributed by atoms with Crippen molar-refractivity contribution in [2.45, 2.75) is 13.8 Å². The van der Waals surface area contributed by atoms with Gasteiger partial charge in [-0.1, -0.05) is 0 Å². The van der Waals surface area contributed by atoms with E-state index < -0.39 is 24.4 Å². The number of esters is 1. The summed E-state index contributed by atoms with van der Waals surface area (Å²) in [4.78, 5) is 32.2. The first-order chi connectivity index (χ1) is 7.95. The minimum absolute atomic E-state index is 0. The van der Waals surface area contributed by atoms with Gasteiger partial charge in [-0.15, -0.1) is 0 Å². The Hall–Kier alpha value is -1.05. The molecule has 1 amide bonds. The van der Waals surface area contributed by atoms with Crippen molar-refractivity contribution in [1.29, 1.82) is 0 Å². The summed E-state index contributed by atoms with van der Waals surface area (Å²) in [6.45, 7) is 3.03. The fourth-order valence-electron chi connectivity index (χ4n) is 0.868. The summed E-state index contributed by atoms with van der Waals surface area (Å²) in [6.07, 6.45) is 1.22. The zero-order chi connectivity index (χ0) is 13.3. The number of amides is 1. The SMILES string of the molecule is CCOC(=O)C=C(C)NCC(=O)NCC(=O)O.[H-].[Na+]. The van der Waals surface area contributed by atoms with E-state index in [1.165, 1.54) is 6.08 Å². The molecule has 0 aromatic carbocycles. The molecule has 0 aromatic rings. The van der Waals surface area contributed by atoms with Crippen LogP contribution in [0.4, 0.5) is 0 Å². The quantitative estimate of drug-likeness (QED) is 0.250. The van der Waals surface area contributed by atoms with Gasteiger partial charge >= 0.3 is 41.5 Å². The molecule has 3 N–H and O–H groups in total. The van der Waals surface area contributed by atoms with E-state index in [0.717, 1.165) is 0 Å². The number of carboxylic acids is 1. The van der Waals surface area contributed by atoms with Gasteiger partial charge in [0.1, 0.15) is 6.54 Å². The monoisotopic (exact) mass is 268 g/mol. The largest absolute Gasteiger partial charge is 1.00 e. The van der Waals surface area contributed by atoms with E-state index in [-0.39, 0.29) is 44.1 Å². The van der Waals surface area contributed by atoms with E-state index in [9.17, 15) is 14.4 Å². The molecule has 0 radical (unpaired) electrons. The summed E-state index contributed by atoms with van der Waals surface area (Å²) >= 11 is 0. The second-order valence-corrected chi connectivity index (χ2v) is 3.10. The smallest absolute Gasteiger partial charge is 1.00 e. The maximum absolute atomic E-state index is 11.1. The van der Waals surface area contributed by atoms with Crippen molar-refractivity contribution in [3.05, 3.63) is 11.8 Å². The maximum Gasteiger partial charge on any atom is 1.00 e. The van der Waals surface area contributed by atoms with Crippen LogP contribution in [0.1, 0.15) is 15.3 Å². The molecule has 18 heavy (non-hydrogen) atoms. The third-order valence-electron chi connectivity index (χ3n) is 1.59. The fraction of sp³-hybridized carbons (Fsp3) is 0.500. The molecular formula is C10H17N2NaO5. The van der Waals surface area contributed by atoms with Crippen LogP contribution in [0.2, 0.25) is 0 Å².